The van der Waals surface area contributed by atoms with Gasteiger partial charge in [-0.15, -0.1) is 0 Å². The Kier molecular flexibility index (Phi) is 5.60. The van der Waals surface area contributed by atoms with Crippen LogP contribution in [0.1, 0.15) is 5.56 Å². The molecule has 1 amide bonds. The third-order valence-corrected chi connectivity index (χ3v) is 4.45. The molecule has 0 bridgehead atoms. The highest BCUT2D eigenvalue weighted by atomic mass is 79.9. The zero-order valence-electron chi connectivity index (χ0n) is 14.3. The Balaban J connectivity index is 1.51. The number of carbonyl (C=O) groups excluding carboxylic acids is 1. The van der Waals surface area contributed by atoms with Crippen LogP contribution in [-0.2, 0) is 4.79 Å². The van der Waals surface area contributed by atoms with Crippen LogP contribution >= 0.6 is 15.9 Å². The largest absolute Gasteiger partial charge is 0.486 e. The number of hydrogen-bond donors (Lipinski definition) is 1. The van der Waals surface area contributed by atoms with E-state index in [4.69, 9.17) is 9.47 Å². The van der Waals surface area contributed by atoms with E-state index in [1.165, 1.54) is 0 Å². The molecule has 6 heteroatoms. The van der Waals surface area contributed by atoms with Gasteiger partial charge in [0.15, 0.2) is 11.5 Å². The van der Waals surface area contributed by atoms with Crippen LogP contribution in [0.4, 0.5) is 5.69 Å². The van der Waals surface area contributed by atoms with Gasteiger partial charge in [-0.2, -0.15) is 0 Å². The van der Waals surface area contributed by atoms with Crippen LogP contribution in [0.5, 0.6) is 11.5 Å². The van der Waals surface area contributed by atoms with Gasteiger partial charge in [-0.3, -0.25) is 9.69 Å². The van der Waals surface area contributed by atoms with Crippen molar-refractivity contribution in [1.82, 2.24) is 4.90 Å². The van der Waals surface area contributed by atoms with E-state index in [-0.39, 0.29) is 18.6 Å². The molecule has 2 aromatic rings. The van der Waals surface area contributed by atoms with Crippen LogP contribution in [0.25, 0.3) is 0 Å². The quantitative estimate of drug-likeness (QED) is 0.828. The van der Waals surface area contributed by atoms with Crippen molar-refractivity contribution in [1.29, 1.82) is 0 Å². The topological polar surface area (TPSA) is 50.8 Å². The summed E-state index contributed by atoms with van der Waals surface area (Å²) in [5, 5.41) is 2.95. The van der Waals surface area contributed by atoms with E-state index >= 15 is 0 Å². The summed E-state index contributed by atoms with van der Waals surface area (Å²) >= 11 is 3.42. The summed E-state index contributed by atoms with van der Waals surface area (Å²) in [5.41, 5.74) is 1.85. The van der Waals surface area contributed by atoms with Gasteiger partial charge in [-0.25, -0.2) is 0 Å². The van der Waals surface area contributed by atoms with Gasteiger partial charge in [0.2, 0.25) is 5.91 Å². The number of benzene rings is 2. The minimum atomic E-state index is -0.0953. The molecule has 25 heavy (non-hydrogen) atoms. The van der Waals surface area contributed by atoms with E-state index in [1.54, 1.807) is 0 Å². The molecule has 0 aromatic heterocycles. The number of anilines is 1. The first kappa shape index (κ1) is 17.8. The molecule has 1 N–H and O–H groups in total. The Morgan fingerprint density at radius 2 is 2.04 bits per heavy atom. The van der Waals surface area contributed by atoms with Crippen LogP contribution in [0.2, 0.25) is 0 Å². The lowest BCUT2D eigenvalue weighted by Crippen LogP contribution is -2.42. The molecule has 1 aliphatic rings. The summed E-state index contributed by atoms with van der Waals surface area (Å²) in [6.07, 6.45) is -0.0953. The fourth-order valence-corrected chi connectivity index (χ4v) is 3.24. The number of fused-ring (bicyclic) bond motifs is 1. The standard InChI is InChI=1S/C19H21BrN2O3/c1-13-9-14(20)7-8-16(13)21-19(23)11-22(2)10-15-12-24-17-5-3-4-6-18(17)25-15/h3-9,15H,10-12H2,1-2H3,(H,21,23). The maximum Gasteiger partial charge on any atom is 0.238 e. The number of aryl methyl sites for hydroxylation is 1. The van der Waals surface area contributed by atoms with Crippen LogP contribution in [0, 0.1) is 6.92 Å². The van der Waals surface area contributed by atoms with E-state index in [9.17, 15) is 4.79 Å². The predicted molar refractivity (Wildman–Crippen MR) is 101 cm³/mol. The molecule has 1 heterocycles. The SMILES string of the molecule is Cc1cc(Br)ccc1NC(=O)CN(C)CC1COc2ccccc2O1. The number of carbonyl (C=O) groups is 1. The lowest BCUT2D eigenvalue weighted by Gasteiger charge is -2.29. The monoisotopic (exact) mass is 404 g/mol. The molecule has 0 radical (unpaired) electrons. The third-order valence-electron chi connectivity index (χ3n) is 3.96. The van der Waals surface area contributed by atoms with Crippen molar-refractivity contribution in [3.63, 3.8) is 0 Å². The fourth-order valence-electron chi connectivity index (χ4n) is 2.77. The van der Waals surface area contributed by atoms with Crippen molar-refractivity contribution < 1.29 is 14.3 Å². The first-order valence-electron chi connectivity index (χ1n) is 8.14. The molecule has 0 saturated carbocycles. The average molecular weight is 405 g/mol. The van der Waals surface area contributed by atoms with Crippen molar-refractivity contribution >= 4 is 27.5 Å². The highest BCUT2D eigenvalue weighted by Gasteiger charge is 2.22. The maximum atomic E-state index is 12.3. The van der Waals surface area contributed by atoms with Crippen LogP contribution in [-0.4, -0.2) is 43.7 Å². The summed E-state index contributed by atoms with van der Waals surface area (Å²) in [6, 6.07) is 13.4. The molecule has 5 nitrogen and oxygen atoms in total. The van der Waals surface area contributed by atoms with Crippen molar-refractivity contribution in [2.75, 3.05) is 32.1 Å². The van der Waals surface area contributed by atoms with E-state index in [0.717, 1.165) is 27.2 Å². The number of amides is 1. The van der Waals surface area contributed by atoms with E-state index in [0.29, 0.717) is 13.2 Å². The number of rotatable bonds is 5. The lowest BCUT2D eigenvalue weighted by atomic mass is 10.2. The van der Waals surface area contributed by atoms with Crippen LogP contribution in [0.3, 0.4) is 0 Å². The molecular weight excluding hydrogens is 384 g/mol. The van der Waals surface area contributed by atoms with Gasteiger partial charge in [0.1, 0.15) is 12.7 Å². The highest BCUT2D eigenvalue weighted by Crippen LogP contribution is 2.30. The first-order valence-corrected chi connectivity index (χ1v) is 8.93. The van der Waals surface area contributed by atoms with Gasteiger partial charge in [0.25, 0.3) is 0 Å². The Bertz CT molecular complexity index is 766. The zero-order valence-corrected chi connectivity index (χ0v) is 15.9. The average Bonchev–Trinajstić information content (AvgIpc) is 2.57. The van der Waals surface area contributed by atoms with Gasteiger partial charge in [-0.1, -0.05) is 28.1 Å². The smallest absolute Gasteiger partial charge is 0.238 e. The predicted octanol–water partition coefficient (Wildman–Crippen LogP) is 3.47. The normalized spacial score (nSPS) is 15.9. The van der Waals surface area contributed by atoms with Crippen LogP contribution < -0.4 is 14.8 Å². The number of hydrogen-bond acceptors (Lipinski definition) is 4. The Hall–Kier alpha value is -2.05. The van der Waals surface area contributed by atoms with E-state index < -0.39 is 0 Å². The molecule has 0 saturated heterocycles. The molecule has 1 atom stereocenters. The molecule has 2 aromatic carbocycles. The number of nitrogens with zero attached hydrogens (tertiary/aromatic N) is 1. The molecule has 1 unspecified atom stereocenters. The Morgan fingerprint density at radius 3 is 2.80 bits per heavy atom. The summed E-state index contributed by atoms with van der Waals surface area (Å²) in [4.78, 5) is 14.2. The zero-order chi connectivity index (χ0) is 17.8. The Labute approximate surface area is 156 Å². The molecule has 3 rings (SSSR count). The summed E-state index contributed by atoms with van der Waals surface area (Å²) in [5.74, 6) is 1.47. The Morgan fingerprint density at radius 1 is 1.28 bits per heavy atom. The fraction of sp³-hybridized carbons (Fsp3) is 0.316. The number of para-hydroxylation sites is 2. The van der Waals surface area contributed by atoms with Crippen molar-refractivity contribution in [3.8, 4) is 11.5 Å². The van der Waals surface area contributed by atoms with E-state index in [1.807, 2.05) is 61.3 Å². The number of halogens is 1. The van der Waals surface area contributed by atoms with Gasteiger partial charge in [0, 0.05) is 16.7 Å². The molecule has 132 valence electrons. The summed E-state index contributed by atoms with van der Waals surface area (Å²) in [7, 11) is 1.90. The molecule has 0 fully saturated rings. The minimum Gasteiger partial charge on any atom is -0.486 e. The highest BCUT2D eigenvalue weighted by molar-refractivity contribution is 9.10. The van der Waals surface area contributed by atoms with Crippen molar-refractivity contribution in [2.24, 2.45) is 0 Å². The number of ether oxygens (including phenoxy) is 2. The van der Waals surface area contributed by atoms with Crippen LogP contribution in [0.15, 0.2) is 46.9 Å². The third kappa shape index (κ3) is 4.74. The van der Waals surface area contributed by atoms with Crippen molar-refractivity contribution in [3.05, 3.63) is 52.5 Å². The summed E-state index contributed by atoms with van der Waals surface area (Å²) in [6.45, 7) is 3.35. The molecule has 0 aliphatic carbocycles. The minimum absolute atomic E-state index is 0.0509. The molecule has 1 aliphatic heterocycles. The summed E-state index contributed by atoms with van der Waals surface area (Å²) < 4.78 is 12.6. The van der Waals surface area contributed by atoms with Crippen molar-refractivity contribution in [2.45, 2.75) is 13.0 Å². The number of likely N-dealkylation sites (N-methyl/N-ethyl adjacent to an activating group) is 1. The van der Waals surface area contributed by atoms with E-state index in [2.05, 4.69) is 21.2 Å². The van der Waals surface area contributed by atoms with Gasteiger partial charge in [0.05, 0.1) is 6.54 Å². The molecular formula is C19H21BrN2O3. The lowest BCUT2D eigenvalue weighted by molar-refractivity contribution is -0.117. The van der Waals surface area contributed by atoms with Gasteiger partial charge < -0.3 is 14.8 Å². The second kappa shape index (κ2) is 7.89. The first-order chi connectivity index (χ1) is 12.0. The van der Waals surface area contributed by atoms with Gasteiger partial charge >= 0.3 is 0 Å². The second-order valence-corrected chi connectivity index (χ2v) is 7.12. The maximum absolute atomic E-state index is 12.3. The number of nitrogens with one attached hydrogen (secondary N) is 1. The van der Waals surface area contributed by atoms with Gasteiger partial charge in [-0.05, 0) is 49.9 Å². The molecule has 0 spiro atoms. The second-order valence-electron chi connectivity index (χ2n) is 6.20.